The first kappa shape index (κ1) is 21.5. The average molecular weight is 455 g/mol. The molecule has 0 aliphatic carbocycles. The van der Waals surface area contributed by atoms with Crippen LogP contribution in [0, 0.1) is 0 Å². The quantitative estimate of drug-likeness (QED) is 0.583. The monoisotopic (exact) mass is 454 g/mol. The molecule has 3 atom stereocenters. The minimum Gasteiger partial charge on any atom is -0.325 e. The van der Waals surface area contributed by atoms with Crippen LogP contribution in [-0.4, -0.2) is 44.9 Å². The number of halogens is 1. The Morgan fingerprint density at radius 2 is 2.16 bits per heavy atom. The van der Waals surface area contributed by atoms with Crippen molar-refractivity contribution in [1.82, 2.24) is 24.6 Å². The Balaban J connectivity index is 1.63. The molecule has 1 saturated heterocycles. The van der Waals surface area contributed by atoms with E-state index in [0.29, 0.717) is 11.1 Å². The van der Waals surface area contributed by atoms with E-state index in [9.17, 15) is 4.79 Å². The van der Waals surface area contributed by atoms with Gasteiger partial charge in [-0.2, -0.15) is 5.10 Å². The highest BCUT2D eigenvalue weighted by molar-refractivity contribution is 6.30. The molecule has 1 amide bonds. The molecular weight excluding hydrogens is 424 g/mol. The Kier molecular flexibility index (Phi) is 5.95. The number of nitrogens with one attached hydrogen (secondary N) is 1. The molecule has 0 bridgehead atoms. The highest BCUT2D eigenvalue weighted by Crippen LogP contribution is 2.39. The van der Waals surface area contributed by atoms with Crippen molar-refractivity contribution < 1.29 is 4.79 Å². The van der Waals surface area contributed by atoms with E-state index < -0.39 is 0 Å². The van der Waals surface area contributed by atoms with Gasteiger partial charge in [-0.05, 0) is 64.3 Å². The summed E-state index contributed by atoms with van der Waals surface area (Å²) >= 11 is 6.10. The Morgan fingerprint density at radius 3 is 2.94 bits per heavy atom. The van der Waals surface area contributed by atoms with Crippen molar-refractivity contribution in [2.24, 2.45) is 0 Å². The topological polar surface area (TPSA) is 68.0 Å². The van der Waals surface area contributed by atoms with Crippen LogP contribution in [0.3, 0.4) is 0 Å². The van der Waals surface area contributed by atoms with E-state index in [1.54, 1.807) is 6.20 Å². The fourth-order valence-corrected chi connectivity index (χ4v) is 5.55. The Morgan fingerprint density at radius 1 is 1.28 bits per heavy atom. The minimum atomic E-state index is 0.176. The zero-order valence-electron chi connectivity index (χ0n) is 18.8. The zero-order chi connectivity index (χ0) is 22.2. The number of imidazole rings is 1. The van der Waals surface area contributed by atoms with Crippen LogP contribution in [0.5, 0.6) is 0 Å². The highest BCUT2D eigenvalue weighted by Gasteiger charge is 2.29. The number of amides is 1. The number of carbonyl (C=O) groups excluding carboxylic acids is 1. The summed E-state index contributed by atoms with van der Waals surface area (Å²) in [5.74, 6) is 1.28. The summed E-state index contributed by atoms with van der Waals surface area (Å²) in [6, 6.07) is 4.93. The van der Waals surface area contributed by atoms with Crippen molar-refractivity contribution in [3.05, 3.63) is 40.9 Å². The van der Waals surface area contributed by atoms with E-state index in [1.807, 2.05) is 15.8 Å². The molecule has 1 fully saturated rings. The van der Waals surface area contributed by atoms with E-state index in [0.717, 1.165) is 75.2 Å². The summed E-state index contributed by atoms with van der Waals surface area (Å²) in [7, 11) is 0. The molecule has 7 nitrogen and oxygen atoms in total. The Labute approximate surface area is 193 Å². The molecule has 3 aromatic rings. The fraction of sp³-hybridized carbons (Fsp3) is 0.542. The predicted octanol–water partition coefficient (Wildman–Crippen LogP) is 4.30. The van der Waals surface area contributed by atoms with Gasteiger partial charge in [-0.1, -0.05) is 18.5 Å². The molecule has 1 N–H and O–H groups in total. The lowest BCUT2D eigenvalue weighted by molar-refractivity contribution is -0.107. The smallest absolute Gasteiger partial charge is 0.214 e. The number of aromatic nitrogens is 4. The zero-order valence-corrected chi connectivity index (χ0v) is 19.6. The van der Waals surface area contributed by atoms with E-state index in [4.69, 9.17) is 16.6 Å². The third kappa shape index (κ3) is 3.82. The lowest BCUT2D eigenvalue weighted by Gasteiger charge is -2.32. The average Bonchev–Trinajstić information content (AvgIpc) is 3.27. The Hall–Kier alpha value is -2.38. The molecule has 5 rings (SSSR count). The molecule has 3 unspecified atom stereocenters. The van der Waals surface area contributed by atoms with Gasteiger partial charge in [0.1, 0.15) is 5.82 Å². The van der Waals surface area contributed by atoms with Crippen LogP contribution < -0.4 is 10.2 Å². The van der Waals surface area contributed by atoms with Gasteiger partial charge in [0.2, 0.25) is 6.41 Å². The maximum atomic E-state index is 11.8. The molecule has 0 radical (unpaired) electrons. The van der Waals surface area contributed by atoms with Gasteiger partial charge in [0.05, 0.1) is 28.8 Å². The molecule has 0 spiro atoms. The fourth-order valence-electron chi connectivity index (χ4n) is 5.39. The minimum absolute atomic E-state index is 0.176. The molecule has 2 aliphatic rings. The molecule has 170 valence electrons. The second kappa shape index (κ2) is 8.87. The summed E-state index contributed by atoms with van der Waals surface area (Å²) < 4.78 is 4.39. The van der Waals surface area contributed by atoms with Gasteiger partial charge in [0.15, 0.2) is 0 Å². The molecule has 8 heteroatoms. The Bertz CT molecular complexity index is 1110. The second-order valence-electron chi connectivity index (χ2n) is 9.29. The number of hydrogen-bond donors (Lipinski definition) is 1. The standard InChI is InChI=1S/C24H31ClN6O/c1-16(13-29-14-18(25)12-27-29)24-28-23-20-6-5-17(2)30(15-32)21(20)7-8-22(23)31(24)19-4-3-10-26-11-9-19/h7-8,12,14-17,19,26H,3-6,9-11,13H2,1-2H3. The van der Waals surface area contributed by atoms with Crippen LogP contribution in [0.1, 0.15) is 62.9 Å². The van der Waals surface area contributed by atoms with Crippen molar-refractivity contribution >= 4 is 34.7 Å². The largest absolute Gasteiger partial charge is 0.325 e. The molecule has 1 aromatic carbocycles. The number of nitrogens with zero attached hydrogens (tertiary/aromatic N) is 5. The van der Waals surface area contributed by atoms with Gasteiger partial charge in [0.25, 0.3) is 0 Å². The molecule has 32 heavy (non-hydrogen) atoms. The van der Waals surface area contributed by atoms with E-state index >= 15 is 0 Å². The third-order valence-corrected chi connectivity index (χ3v) is 7.26. The summed E-state index contributed by atoms with van der Waals surface area (Å²) in [6.07, 6.45) is 9.81. The van der Waals surface area contributed by atoms with Crippen LogP contribution in [0.25, 0.3) is 11.0 Å². The summed E-state index contributed by atoms with van der Waals surface area (Å²) in [5.41, 5.74) is 4.46. The first-order valence-corrected chi connectivity index (χ1v) is 12.1. The lowest BCUT2D eigenvalue weighted by atomic mass is 9.96. The molecule has 2 aromatic heterocycles. The maximum Gasteiger partial charge on any atom is 0.214 e. The van der Waals surface area contributed by atoms with Crippen molar-refractivity contribution in [3.63, 3.8) is 0 Å². The number of carbonyl (C=O) groups is 1. The first-order valence-electron chi connectivity index (χ1n) is 11.7. The number of benzene rings is 1. The van der Waals surface area contributed by atoms with Crippen LogP contribution in [-0.2, 0) is 17.8 Å². The van der Waals surface area contributed by atoms with Gasteiger partial charge in [-0.3, -0.25) is 9.48 Å². The molecule has 2 aliphatic heterocycles. The van der Waals surface area contributed by atoms with E-state index in [-0.39, 0.29) is 12.0 Å². The predicted molar refractivity (Wildman–Crippen MR) is 127 cm³/mol. The number of rotatable bonds is 5. The van der Waals surface area contributed by atoms with Gasteiger partial charge in [-0.15, -0.1) is 0 Å². The number of anilines is 1. The third-order valence-electron chi connectivity index (χ3n) is 7.06. The molecule has 4 heterocycles. The van der Waals surface area contributed by atoms with E-state index in [1.165, 1.54) is 11.1 Å². The molecular formula is C24H31ClN6O. The summed E-state index contributed by atoms with van der Waals surface area (Å²) in [6.45, 7) is 7.15. The van der Waals surface area contributed by atoms with Crippen LogP contribution in [0.15, 0.2) is 24.5 Å². The first-order chi connectivity index (χ1) is 15.6. The number of fused-ring (bicyclic) bond motifs is 3. The van der Waals surface area contributed by atoms with Gasteiger partial charge >= 0.3 is 0 Å². The highest BCUT2D eigenvalue weighted by atomic mass is 35.5. The van der Waals surface area contributed by atoms with Crippen molar-refractivity contribution in [2.75, 3.05) is 18.0 Å². The van der Waals surface area contributed by atoms with Crippen LogP contribution in [0.2, 0.25) is 5.02 Å². The molecule has 0 saturated carbocycles. The second-order valence-corrected chi connectivity index (χ2v) is 9.72. The normalized spacial score (nSPS) is 22.5. The van der Waals surface area contributed by atoms with E-state index in [2.05, 4.69) is 41.0 Å². The number of aryl methyl sites for hydroxylation is 1. The summed E-state index contributed by atoms with van der Waals surface area (Å²) in [5, 5.41) is 8.57. The number of hydrogen-bond acceptors (Lipinski definition) is 4. The van der Waals surface area contributed by atoms with Crippen molar-refractivity contribution in [1.29, 1.82) is 0 Å². The van der Waals surface area contributed by atoms with Gasteiger partial charge < -0.3 is 14.8 Å². The van der Waals surface area contributed by atoms with Gasteiger partial charge in [-0.25, -0.2) is 4.98 Å². The van der Waals surface area contributed by atoms with Crippen LogP contribution in [0.4, 0.5) is 5.69 Å². The van der Waals surface area contributed by atoms with Crippen LogP contribution >= 0.6 is 11.6 Å². The SMILES string of the molecule is CC(Cn1cc(Cl)cn1)c1nc2c3c(ccc2n1C1CCCNCC1)N(C=O)C(C)CC3. The van der Waals surface area contributed by atoms with Crippen molar-refractivity contribution in [2.45, 2.75) is 70.5 Å². The maximum absolute atomic E-state index is 11.8. The lowest BCUT2D eigenvalue weighted by Crippen LogP contribution is -2.36. The van der Waals surface area contributed by atoms with Crippen molar-refractivity contribution in [3.8, 4) is 0 Å². The van der Waals surface area contributed by atoms with Gasteiger partial charge in [0, 0.05) is 35.4 Å². The summed E-state index contributed by atoms with van der Waals surface area (Å²) in [4.78, 5) is 18.9.